The molecule has 0 radical (unpaired) electrons. The maximum atomic E-state index is 13.0. The molecule has 0 aliphatic carbocycles. The van der Waals surface area contributed by atoms with Crippen molar-refractivity contribution < 1.29 is 13.2 Å². The molecule has 2 fully saturated rings. The highest BCUT2D eigenvalue weighted by molar-refractivity contribution is 5.55. The van der Waals surface area contributed by atoms with Gasteiger partial charge < -0.3 is 9.80 Å². The Balaban J connectivity index is 1.60. The van der Waals surface area contributed by atoms with E-state index in [4.69, 9.17) is 0 Å². The first-order chi connectivity index (χ1) is 13.0. The number of fused-ring (bicyclic) bond motifs is 1. The van der Waals surface area contributed by atoms with Crippen LogP contribution in [0.2, 0.25) is 0 Å². The van der Waals surface area contributed by atoms with Crippen molar-refractivity contribution in [1.29, 1.82) is 5.26 Å². The van der Waals surface area contributed by atoms with E-state index in [9.17, 15) is 18.4 Å². The Morgan fingerprint density at radius 1 is 1.11 bits per heavy atom. The normalized spacial score (nSPS) is 22.4. The Bertz CT molecular complexity index is 878. The molecule has 2 saturated heterocycles. The minimum Gasteiger partial charge on any atom is -0.350 e. The number of alkyl halides is 3. The molecule has 140 valence electrons. The monoisotopic (exact) mass is 374 g/mol. The van der Waals surface area contributed by atoms with Gasteiger partial charge in [0.1, 0.15) is 17.6 Å². The van der Waals surface area contributed by atoms with Crippen LogP contribution in [0.1, 0.15) is 24.1 Å². The average Bonchev–Trinajstić information content (AvgIpc) is 3.10. The molecular weight excluding hydrogens is 357 g/mol. The van der Waals surface area contributed by atoms with Gasteiger partial charge in [-0.3, -0.25) is 0 Å². The van der Waals surface area contributed by atoms with Crippen LogP contribution in [0.15, 0.2) is 30.6 Å². The first-order valence-electron chi connectivity index (χ1n) is 8.74. The van der Waals surface area contributed by atoms with E-state index >= 15 is 0 Å². The van der Waals surface area contributed by atoms with Gasteiger partial charge in [0, 0.05) is 32.0 Å². The van der Waals surface area contributed by atoms with Gasteiger partial charge in [0.2, 0.25) is 5.95 Å². The van der Waals surface area contributed by atoms with Crippen LogP contribution in [0.4, 0.5) is 24.9 Å². The Morgan fingerprint density at radius 3 is 2.70 bits per heavy atom. The lowest BCUT2D eigenvalue weighted by molar-refractivity contribution is -0.141. The molecule has 4 heterocycles. The van der Waals surface area contributed by atoms with Crippen molar-refractivity contribution in [2.45, 2.75) is 25.1 Å². The molecule has 0 bridgehead atoms. The van der Waals surface area contributed by atoms with Crippen LogP contribution < -0.4 is 9.80 Å². The number of hydrogen-bond acceptors (Lipinski definition) is 6. The fraction of sp³-hybridized carbons (Fsp3) is 0.444. The van der Waals surface area contributed by atoms with Crippen molar-refractivity contribution in [3.05, 3.63) is 41.9 Å². The number of anilines is 2. The molecule has 2 unspecified atom stereocenters. The van der Waals surface area contributed by atoms with Gasteiger partial charge in [-0.1, -0.05) is 0 Å². The molecule has 0 amide bonds. The van der Waals surface area contributed by atoms with E-state index < -0.39 is 11.9 Å². The molecule has 2 aromatic rings. The Morgan fingerprint density at radius 2 is 1.93 bits per heavy atom. The number of pyridine rings is 1. The van der Waals surface area contributed by atoms with Crippen LogP contribution in [-0.4, -0.2) is 40.6 Å². The van der Waals surface area contributed by atoms with Crippen LogP contribution in [0.25, 0.3) is 0 Å². The zero-order valence-corrected chi connectivity index (χ0v) is 14.4. The SMILES string of the molecule is N#Cc1cccnc1N1CCC2CCN(c3nccc(C(F)(F)F)n3)CC21. The van der Waals surface area contributed by atoms with Crippen molar-refractivity contribution >= 4 is 11.8 Å². The lowest BCUT2D eigenvalue weighted by Gasteiger charge is -2.39. The number of hydrogen-bond donors (Lipinski definition) is 0. The van der Waals surface area contributed by atoms with E-state index in [1.165, 1.54) is 0 Å². The fourth-order valence-electron chi connectivity index (χ4n) is 3.96. The van der Waals surface area contributed by atoms with Gasteiger partial charge in [0.15, 0.2) is 0 Å². The van der Waals surface area contributed by atoms with E-state index in [0.717, 1.165) is 31.6 Å². The summed E-state index contributed by atoms with van der Waals surface area (Å²) in [7, 11) is 0. The van der Waals surface area contributed by atoms with Gasteiger partial charge in [-0.05, 0) is 37.0 Å². The summed E-state index contributed by atoms with van der Waals surface area (Å²) in [6, 6.07) is 6.57. The average molecular weight is 374 g/mol. The van der Waals surface area contributed by atoms with Crippen molar-refractivity contribution in [3.63, 3.8) is 0 Å². The van der Waals surface area contributed by atoms with E-state index in [-0.39, 0.29) is 12.0 Å². The highest BCUT2D eigenvalue weighted by Crippen LogP contribution is 2.36. The molecule has 2 aliphatic rings. The van der Waals surface area contributed by atoms with Crippen LogP contribution in [0.3, 0.4) is 0 Å². The first kappa shape index (κ1) is 17.5. The fourth-order valence-corrected chi connectivity index (χ4v) is 3.96. The number of aromatic nitrogens is 3. The van der Waals surface area contributed by atoms with Crippen molar-refractivity contribution in [2.75, 3.05) is 29.4 Å². The third-order valence-corrected chi connectivity index (χ3v) is 5.26. The van der Waals surface area contributed by atoms with Crippen LogP contribution in [-0.2, 0) is 6.18 Å². The quantitative estimate of drug-likeness (QED) is 0.805. The highest BCUT2D eigenvalue weighted by atomic mass is 19.4. The highest BCUT2D eigenvalue weighted by Gasteiger charge is 2.41. The van der Waals surface area contributed by atoms with Crippen molar-refractivity contribution in [2.24, 2.45) is 5.92 Å². The summed E-state index contributed by atoms with van der Waals surface area (Å²) < 4.78 is 38.9. The van der Waals surface area contributed by atoms with Gasteiger partial charge in [-0.25, -0.2) is 15.0 Å². The minimum atomic E-state index is -4.49. The molecule has 2 atom stereocenters. The Hall–Kier alpha value is -2.89. The third kappa shape index (κ3) is 3.27. The molecule has 0 saturated carbocycles. The van der Waals surface area contributed by atoms with E-state index in [2.05, 4.69) is 25.9 Å². The largest absolute Gasteiger partial charge is 0.433 e. The van der Waals surface area contributed by atoms with Gasteiger partial charge >= 0.3 is 6.18 Å². The summed E-state index contributed by atoms with van der Waals surface area (Å²) in [5.74, 6) is 1.15. The van der Waals surface area contributed by atoms with Gasteiger partial charge in [0.25, 0.3) is 0 Å². The van der Waals surface area contributed by atoms with E-state index in [0.29, 0.717) is 30.4 Å². The zero-order valence-electron chi connectivity index (χ0n) is 14.4. The number of nitriles is 1. The summed E-state index contributed by atoms with van der Waals surface area (Å²) in [6.45, 7) is 1.90. The maximum absolute atomic E-state index is 13.0. The summed E-state index contributed by atoms with van der Waals surface area (Å²) in [6.07, 6.45) is 0.125. The molecule has 6 nitrogen and oxygen atoms in total. The van der Waals surface area contributed by atoms with E-state index in [1.807, 2.05) is 0 Å². The first-order valence-corrected chi connectivity index (χ1v) is 8.74. The molecule has 27 heavy (non-hydrogen) atoms. The van der Waals surface area contributed by atoms with Crippen molar-refractivity contribution in [1.82, 2.24) is 15.0 Å². The number of rotatable bonds is 2. The Labute approximate surface area is 154 Å². The molecular formula is C18H17F3N6. The molecule has 9 heteroatoms. The summed E-state index contributed by atoms with van der Waals surface area (Å²) in [5, 5.41) is 9.36. The minimum absolute atomic E-state index is 0.0684. The molecule has 0 aromatic carbocycles. The predicted octanol–water partition coefficient (Wildman–Crippen LogP) is 2.87. The summed E-state index contributed by atoms with van der Waals surface area (Å²) in [4.78, 5) is 16.0. The van der Waals surface area contributed by atoms with Crippen LogP contribution in [0.5, 0.6) is 0 Å². The summed E-state index contributed by atoms with van der Waals surface area (Å²) >= 11 is 0. The lowest BCUT2D eigenvalue weighted by atomic mass is 9.92. The van der Waals surface area contributed by atoms with E-state index in [1.54, 1.807) is 23.2 Å². The molecule has 2 aliphatic heterocycles. The van der Waals surface area contributed by atoms with Crippen LogP contribution >= 0.6 is 0 Å². The lowest BCUT2D eigenvalue weighted by Crippen LogP contribution is -2.49. The smallest absolute Gasteiger partial charge is 0.350 e. The number of halogens is 3. The third-order valence-electron chi connectivity index (χ3n) is 5.26. The molecule has 0 N–H and O–H groups in total. The predicted molar refractivity (Wildman–Crippen MR) is 92.1 cm³/mol. The number of piperidine rings is 1. The summed E-state index contributed by atoms with van der Waals surface area (Å²) in [5.41, 5.74) is -0.431. The van der Waals surface area contributed by atoms with Crippen molar-refractivity contribution in [3.8, 4) is 6.07 Å². The topological polar surface area (TPSA) is 68.9 Å². The maximum Gasteiger partial charge on any atom is 0.433 e. The second-order valence-electron chi connectivity index (χ2n) is 6.77. The van der Waals surface area contributed by atoms with Gasteiger partial charge in [-0.15, -0.1) is 0 Å². The molecule has 2 aromatic heterocycles. The molecule has 4 rings (SSSR count). The van der Waals surface area contributed by atoms with Crippen LogP contribution in [0, 0.1) is 17.2 Å². The zero-order chi connectivity index (χ0) is 19.0. The Kier molecular flexibility index (Phi) is 4.34. The number of nitrogens with zero attached hydrogens (tertiary/aromatic N) is 6. The van der Waals surface area contributed by atoms with Gasteiger partial charge in [-0.2, -0.15) is 18.4 Å². The second kappa shape index (κ2) is 6.68. The standard InChI is InChI=1S/C18H17F3N6/c19-18(20,21)15-3-7-24-17(25-15)26-8-4-12-5-9-27(14(12)11-26)16-13(10-22)2-1-6-23-16/h1-3,6-7,12,14H,4-5,8-9,11H2. The van der Waals surface area contributed by atoms with Gasteiger partial charge in [0.05, 0.1) is 11.6 Å². The molecule has 0 spiro atoms. The second-order valence-corrected chi connectivity index (χ2v) is 6.77.